The van der Waals surface area contributed by atoms with Crippen LogP contribution in [0.15, 0.2) is 30.3 Å². The molecule has 1 saturated heterocycles. The molecule has 0 unspecified atom stereocenters. The van der Waals surface area contributed by atoms with Gasteiger partial charge in [-0.25, -0.2) is 8.42 Å². The number of sulfone groups is 1. The van der Waals surface area contributed by atoms with E-state index in [1.807, 2.05) is 0 Å². The third-order valence-corrected chi connectivity index (χ3v) is 7.41. The van der Waals surface area contributed by atoms with Crippen molar-refractivity contribution in [2.45, 2.75) is 56.9 Å². The molecule has 0 aromatic heterocycles. The van der Waals surface area contributed by atoms with E-state index in [-0.39, 0.29) is 5.54 Å². The Bertz CT molecular complexity index is 591. The van der Waals surface area contributed by atoms with E-state index in [4.69, 9.17) is 0 Å². The van der Waals surface area contributed by atoms with Crippen LogP contribution in [-0.2, 0) is 16.3 Å². The summed E-state index contributed by atoms with van der Waals surface area (Å²) >= 11 is 0. The topological polar surface area (TPSA) is 46.2 Å². The summed E-state index contributed by atoms with van der Waals surface area (Å²) in [4.78, 5) is 0. The Kier molecular flexibility index (Phi) is 5.42. The van der Waals surface area contributed by atoms with Gasteiger partial charge in [0.25, 0.3) is 0 Å². The molecule has 1 aromatic carbocycles. The van der Waals surface area contributed by atoms with E-state index >= 15 is 0 Å². The van der Waals surface area contributed by atoms with Crippen LogP contribution in [0.2, 0.25) is 0 Å². The summed E-state index contributed by atoms with van der Waals surface area (Å²) in [6.07, 6.45) is 9.26. The fourth-order valence-electron chi connectivity index (χ4n) is 4.27. The average molecular weight is 336 g/mol. The lowest BCUT2D eigenvalue weighted by Gasteiger charge is -2.40. The van der Waals surface area contributed by atoms with Crippen molar-refractivity contribution in [1.29, 1.82) is 0 Å². The van der Waals surface area contributed by atoms with Gasteiger partial charge < -0.3 is 5.32 Å². The van der Waals surface area contributed by atoms with Crippen molar-refractivity contribution in [3.8, 4) is 0 Å². The molecule has 1 aliphatic heterocycles. The van der Waals surface area contributed by atoms with E-state index in [0.717, 1.165) is 25.8 Å². The molecule has 1 aliphatic carbocycles. The van der Waals surface area contributed by atoms with Gasteiger partial charge in [0.15, 0.2) is 9.84 Å². The van der Waals surface area contributed by atoms with Crippen molar-refractivity contribution in [1.82, 2.24) is 5.32 Å². The number of rotatable bonds is 5. The largest absolute Gasteiger partial charge is 0.311 e. The van der Waals surface area contributed by atoms with Crippen molar-refractivity contribution >= 4 is 9.84 Å². The maximum Gasteiger partial charge on any atom is 0.150 e. The molecule has 1 N–H and O–H groups in total. The van der Waals surface area contributed by atoms with Gasteiger partial charge in [0, 0.05) is 5.54 Å². The SMILES string of the molecule is O=S1(=O)CCC[C@@H](CNC2(Cc3ccccc3)CCCCC2)C1. The van der Waals surface area contributed by atoms with Crippen LogP contribution in [0.4, 0.5) is 0 Å². The molecule has 4 heteroatoms. The van der Waals surface area contributed by atoms with Gasteiger partial charge in [-0.2, -0.15) is 0 Å². The van der Waals surface area contributed by atoms with Crippen LogP contribution in [0.25, 0.3) is 0 Å². The smallest absolute Gasteiger partial charge is 0.150 e. The van der Waals surface area contributed by atoms with Crippen molar-refractivity contribution in [2.24, 2.45) is 5.92 Å². The molecule has 0 bridgehead atoms. The Hall–Kier alpha value is -0.870. The van der Waals surface area contributed by atoms with Gasteiger partial charge >= 0.3 is 0 Å². The fourth-order valence-corrected chi connectivity index (χ4v) is 6.05. The van der Waals surface area contributed by atoms with E-state index in [2.05, 4.69) is 35.6 Å². The predicted octanol–water partition coefficient (Wildman–Crippen LogP) is 3.35. The minimum atomic E-state index is -2.80. The second-order valence-corrected chi connectivity index (χ2v) is 9.74. The predicted molar refractivity (Wildman–Crippen MR) is 95.3 cm³/mol. The first-order valence-electron chi connectivity index (χ1n) is 9.06. The Labute approximate surface area is 140 Å². The Morgan fingerprint density at radius 1 is 1.04 bits per heavy atom. The molecule has 0 radical (unpaired) electrons. The Balaban J connectivity index is 1.64. The molecule has 1 atom stereocenters. The lowest BCUT2D eigenvalue weighted by Crippen LogP contribution is -2.51. The van der Waals surface area contributed by atoms with E-state index in [1.54, 1.807) is 0 Å². The highest BCUT2D eigenvalue weighted by Gasteiger charge is 2.33. The minimum absolute atomic E-state index is 0.167. The number of nitrogens with one attached hydrogen (secondary N) is 1. The fraction of sp³-hybridized carbons (Fsp3) is 0.684. The number of hydrogen-bond donors (Lipinski definition) is 1. The normalized spacial score (nSPS) is 26.7. The molecule has 3 nitrogen and oxygen atoms in total. The highest BCUT2D eigenvalue weighted by molar-refractivity contribution is 7.91. The van der Waals surface area contributed by atoms with Crippen molar-refractivity contribution in [2.75, 3.05) is 18.1 Å². The van der Waals surface area contributed by atoms with Gasteiger partial charge in [-0.15, -0.1) is 0 Å². The van der Waals surface area contributed by atoms with Crippen molar-refractivity contribution in [3.05, 3.63) is 35.9 Å². The summed E-state index contributed by atoms with van der Waals surface area (Å²) in [5.74, 6) is 1.06. The first-order chi connectivity index (χ1) is 11.1. The van der Waals surface area contributed by atoms with Gasteiger partial charge in [-0.3, -0.25) is 0 Å². The average Bonchev–Trinajstić information content (AvgIpc) is 2.54. The van der Waals surface area contributed by atoms with Gasteiger partial charge in [0.2, 0.25) is 0 Å². The molecule has 23 heavy (non-hydrogen) atoms. The second-order valence-electron chi connectivity index (χ2n) is 7.51. The molecular weight excluding hydrogens is 306 g/mol. The Morgan fingerprint density at radius 2 is 1.78 bits per heavy atom. The van der Waals surface area contributed by atoms with Gasteiger partial charge in [0.1, 0.15) is 0 Å². The molecule has 1 heterocycles. The lowest BCUT2D eigenvalue weighted by atomic mass is 9.77. The molecule has 128 valence electrons. The van der Waals surface area contributed by atoms with Gasteiger partial charge in [-0.05, 0) is 50.1 Å². The maximum atomic E-state index is 11.9. The molecule has 1 aromatic rings. The summed E-state index contributed by atoms with van der Waals surface area (Å²) in [5, 5.41) is 3.83. The van der Waals surface area contributed by atoms with Crippen molar-refractivity contribution in [3.63, 3.8) is 0 Å². The van der Waals surface area contributed by atoms with Gasteiger partial charge in [-0.1, -0.05) is 49.6 Å². The summed E-state index contributed by atoms with van der Waals surface area (Å²) in [6, 6.07) is 10.7. The van der Waals surface area contributed by atoms with E-state index < -0.39 is 9.84 Å². The highest BCUT2D eigenvalue weighted by atomic mass is 32.2. The van der Waals surface area contributed by atoms with Crippen LogP contribution in [0.3, 0.4) is 0 Å². The quantitative estimate of drug-likeness (QED) is 0.897. The third kappa shape index (κ3) is 4.80. The van der Waals surface area contributed by atoms with Crippen LogP contribution < -0.4 is 5.32 Å². The second kappa shape index (κ2) is 7.35. The van der Waals surface area contributed by atoms with Crippen LogP contribution >= 0.6 is 0 Å². The van der Waals surface area contributed by atoms with Crippen LogP contribution in [0.1, 0.15) is 50.5 Å². The minimum Gasteiger partial charge on any atom is -0.311 e. The van der Waals surface area contributed by atoms with E-state index in [1.165, 1.54) is 37.7 Å². The van der Waals surface area contributed by atoms with Crippen LogP contribution in [0.5, 0.6) is 0 Å². The van der Waals surface area contributed by atoms with E-state index in [9.17, 15) is 8.42 Å². The van der Waals surface area contributed by atoms with Crippen LogP contribution in [-0.4, -0.2) is 32.0 Å². The standard InChI is InChI=1S/C19H29NO2S/c21-23(22)13-7-10-18(16-23)15-20-19(11-5-2-6-12-19)14-17-8-3-1-4-9-17/h1,3-4,8-9,18,20H,2,5-7,10-16H2/t18-/m0/s1. The molecule has 3 rings (SSSR count). The molecule has 2 aliphatic rings. The maximum absolute atomic E-state index is 11.9. The molecule has 2 fully saturated rings. The zero-order chi connectivity index (χ0) is 16.2. The first kappa shape index (κ1) is 17.0. The summed E-state index contributed by atoms with van der Waals surface area (Å²) in [7, 11) is -2.80. The zero-order valence-corrected chi connectivity index (χ0v) is 14.8. The molecular formula is C19H29NO2S. The summed E-state index contributed by atoms with van der Waals surface area (Å²) in [6.45, 7) is 0.853. The summed E-state index contributed by atoms with van der Waals surface area (Å²) < 4.78 is 23.7. The zero-order valence-electron chi connectivity index (χ0n) is 14.0. The van der Waals surface area contributed by atoms with Gasteiger partial charge in [0.05, 0.1) is 11.5 Å². The number of benzene rings is 1. The van der Waals surface area contributed by atoms with Crippen LogP contribution in [0, 0.1) is 5.92 Å². The lowest BCUT2D eigenvalue weighted by molar-refractivity contribution is 0.216. The monoisotopic (exact) mass is 335 g/mol. The van der Waals surface area contributed by atoms with Crippen molar-refractivity contribution < 1.29 is 8.42 Å². The highest BCUT2D eigenvalue weighted by Crippen LogP contribution is 2.32. The number of hydrogen-bond acceptors (Lipinski definition) is 3. The molecule has 1 saturated carbocycles. The Morgan fingerprint density at radius 3 is 2.48 bits per heavy atom. The molecule has 0 amide bonds. The third-order valence-electron chi connectivity index (χ3n) is 5.52. The first-order valence-corrected chi connectivity index (χ1v) is 10.9. The summed E-state index contributed by atoms with van der Waals surface area (Å²) in [5.41, 5.74) is 1.55. The van der Waals surface area contributed by atoms with E-state index in [0.29, 0.717) is 17.4 Å². The molecule has 0 spiro atoms.